The highest BCUT2D eigenvalue weighted by atomic mass is 35.5. The van der Waals surface area contributed by atoms with Gasteiger partial charge in [-0.05, 0) is 36.8 Å². The lowest BCUT2D eigenvalue weighted by Crippen LogP contribution is -2.33. The molecule has 5 aromatic rings. The first-order valence-corrected chi connectivity index (χ1v) is 12.8. The predicted molar refractivity (Wildman–Crippen MR) is 143 cm³/mol. The number of carbonyl (C=O) groups excluding carboxylic acids is 2. The summed E-state index contributed by atoms with van der Waals surface area (Å²) >= 11 is 7.64. The topological polar surface area (TPSA) is 134 Å². The van der Waals surface area contributed by atoms with Crippen molar-refractivity contribution in [3.05, 3.63) is 93.2 Å². The maximum atomic E-state index is 14.2. The van der Waals surface area contributed by atoms with Gasteiger partial charge in [0.25, 0.3) is 5.91 Å². The summed E-state index contributed by atoms with van der Waals surface area (Å²) in [7, 11) is 0. The number of carboxylic acids is 1. The second kappa shape index (κ2) is 10.6. The number of aromatic nitrogens is 5. The largest absolute Gasteiger partial charge is 0.480 e. The first kappa shape index (κ1) is 25.3. The molecule has 5 rings (SSSR count). The lowest BCUT2D eigenvalue weighted by Gasteiger charge is -2.22. The number of para-hydroxylation sites is 1. The molecule has 38 heavy (non-hydrogen) atoms. The second-order valence-electron chi connectivity index (χ2n) is 8.38. The van der Waals surface area contributed by atoms with E-state index in [2.05, 4.69) is 20.6 Å². The minimum Gasteiger partial charge on any atom is -0.480 e. The van der Waals surface area contributed by atoms with Crippen LogP contribution >= 0.6 is 22.9 Å². The number of H-pyrrole nitrogens is 1. The molecule has 2 N–H and O–H groups in total. The van der Waals surface area contributed by atoms with E-state index in [9.17, 15) is 19.5 Å². The summed E-state index contributed by atoms with van der Waals surface area (Å²) in [5.74, 6) is -1.71. The van der Waals surface area contributed by atoms with Crippen LogP contribution in [0.4, 0.5) is 5.00 Å². The summed E-state index contributed by atoms with van der Waals surface area (Å²) in [4.78, 5) is 41.9. The van der Waals surface area contributed by atoms with E-state index >= 15 is 0 Å². The number of aromatic amines is 1. The Bertz CT molecular complexity index is 1660. The molecule has 0 unspecified atom stereocenters. The van der Waals surface area contributed by atoms with Gasteiger partial charge in [0.15, 0.2) is 11.6 Å². The van der Waals surface area contributed by atoms with Crippen LogP contribution in [0, 0.1) is 0 Å². The molecule has 0 saturated carbocycles. The maximum absolute atomic E-state index is 14.2. The normalized spacial score (nSPS) is 11.1. The van der Waals surface area contributed by atoms with Crippen LogP contribution in [0.1, 0.15) is 44.0 Å². The van der Waals surface area contributed by atoms with Gasteiger partial charge in [0, 0.05) is 21.3 Å². The molecule has 0 saturated heterocycles. The fourth-order valence-electron chi connectivity index (χ4n) is 4.22. The molecular weight excluding hydrogens is 528 g/mol. The summed E-state index contributed by atoms with van der Waals surface area (Å²) in [6, 6.07) is 17.3. The third-order valence-corrected chi connectivity index (χ3v) is 7.61. The minimum atomic E-state index is -1.09. The number of tetrazole rings is 1. The number of carbonyl (C=O) groups is 3. The number of carboxylic acid groups (broad SMARTS) is 1. The average Bonchev–Trinajstić information content (AvgIpc) is 3.66. The zero-order valence-corrected chi connectivity index (χ0v) is 21.7. The Morgan fingerprint density at radius 1 is 1.08 bits per heavy atom. The highest BCUT2D eigenvalue weighted by molar-refractivity contribution is 7.16. The summed E-state index contributed by atoms with van der Waals surface area (Å²) in [6.45, 7) is 1.44. The molecule has 0 aliphatic rings. The van der Waals surface area contributed by atoms with Gasteiger partial charge < -0.3 is 9.67 Å². The number of rotatable bonds is 9. The SMILES string of the molecule is CCc1cc(C(=O)c2ccccc2Cl)c(N(Cc2nn[nH]n2)C(=O)c2cc3ccccc3n2CC(=O)O)s1. The Morgan fingerprint density at radius 3 is 2.55 bits per heavy atom. The van der Waals surface area contributed by atoms with Crippen LogP contribution in [-0.2, 0) is 24.3 Å². The van der Waals surface area contributed by atoms with Gasteiger partial charge in [-0.3, -0.25) is 19.3 Å². The monoisotopic (exact) mass is 548 g/mol. The molecule has 3 aromatic heterocycles. The van der Waals surface area contributed by atoms with E-state index < -0.39 is 18.4 Å². The number of ketones is 1. The Balaban J connectivity index is 1.68. The van der Waals surface area contributed by atoms with Gasteiger partial charge in [-0.1, -0.05) is 54.1 Å². The molecule has 0 atom stereocenters. The van der Waals surface area contributed by atoms with Gasteiger partial charge in [-0.2, -0.15) is 5.21 Å². The molecule has 1 amide bonds. The highest BCUT2D eigenvalue weighted by Gasteiger charge is 2.30. The van der Waals surface area contributed by atoms with Crippen LogP contribution in [0.5, 0.6) is 0 Å². The third-order valence-electron chi connectivity index (χ3n) is 5.98. The Kier molecular flexibility index (Phi) is 7.03. The number of nitrogens with one attached hydrogen (secondary N) is 1. The standard InChI is InChI=1S/C26H21ClN6O4S/c1-2-16-12-18(24(36)17-8-4-5-9-19(17)27)26(38-16)33(13-22-28-30-31-29-22)25(37)21-11-15-7-3-6-10-20(15)32(21)14-23(34)35/h3-12H,2,13-14H2,1H3,(H,34,35)(H,28,29,30,31). The first-order valence-electron chi connectivity index (χ1n) is 11.6. The molecule has 0 spiro atoms. The number of aliphatic carboxylic acids is 1. The number of fused-ring (bicyclic) bond motifs is 1. The van der Waals surface area contributed by atoms with Crippen molar-refractivity contribution in [2.75, 3.05) is 4.90 Å². The Morgan fingerprint density at radius 2 is 1.84 bits per heavy atom. The molecular formula is C26H21ClN6O4S. The van der Waals surface area contributed by atoms with Crippen molar-refractivity contribution in [3.8, 4) is 0 Å². The fraction of sp³-hybridized carbons (Fsp3) is 0.154. The number of benzene rings is 2. The van der Waals surface area contributed by atoms with Crippen LogP contribution in [0.15, 0.2) is 60.7 Å². The molecule has 2 aromatic carbocycles. The summed E-state index contributed by atoms with van der Waals surface area (Å²) in [6.07, 6.45) is 0.636. The molecule has 0 fully saturated rings. The number of anilines is 1. The van der Waals surface area contributed by atoms with Crippen LogP contribution in [0.25, 0.3) is 10.9 Å². The van der Waals surface area contributed by atoms with Crippen molar-refractivity contribution in [1.82, 2.24) is 25.2 Å². The number of thiophene rings is 1. The Hall–Kier alpha value is -4.35. The third kappa shape index (κ3) is 4.81. The fourth-order valence-corrected chi connectivity index (χ4v) is 5.53. The van der Waals surface area contributed by atoms with E-state index in [0.717, 1.165) is 4.88 Å². The van der Waals surface area contributed by atoms with Crippen molar-refractivity contribution < 1.29 is 19.5 Å². The van der Waals surface area contributed by atoms with Crippen molar-refractivity contribution in [1.29, 1.82) is 0 Å². The number of nitrogens with zero attached hydrogens (tertiary/aromatic N) is 5. The number of aryl methyl sites for hydroxylation is 1. The van der Waals surface area contributed by atoms with Gasteiger partial charge in [0.05, 0.1) is 17.1 Å². The second-order valence-corrected chi connectivity index (χ2v) is 9.90. The van der Waals surface area contributed by atoms with Gasteiger partial charge in [-0.15, -0.1) is 21.5 Å². The number of hydrogen-bond donors (Lipinski definition) is 2. The van der Waals surface area contributed by atoms with Crippen LogP contribution < -0.4 is 4.90 Å². The number of halogens is 1. The van der Waals surface area contributed by atoms with Crippen molar-refractivity contribution in [2.24, 2.45) is 0 Å². The Labute approximate surface area is 225 Å². The molecule has 0 aliphatic carbocycles. The molecule has 0 radical (unpaired) electrons. The summed E-state index contributed by atoms with van der Waals surface area (Å²) < 4.78 is 1.45. The zero-order valence-electron chi connectivity index (χ0n) is 20.1. The molecule has 0 bridgehead atoms. The lowest BCUT2D eigenvalue weighted by molar-refractivity contribution is -0.137. The van der Waals surface area contributed by atoms with E-state index in [0.29, 0.717) is 38.5 Å². The summed E-state index contributed by atoms with van der Waals surface area (Å²) in [5, 5.41) is 25.0. The van der Waals surface area contributed by atoms with Crippen LogP contribution in [0.3, 0.4) is 0 Å². The van der Waals surface area contributed by atoms with E-state index in [1.165, 1.54) is 20.8 Å². The van der Waals surface area contributed by atoms with E-state index in [4.69, 9.17) is 11.6 Å². The van der Waals surface area contributed by atoms with Crippen molar-refractivity contribution in [2.45, 2.75) is 26.4 Å². The van der Waals surface area contributed by atoms with Gasteiger partial charge in [0.1, 0.15) is 17.2 Å². The molecule has 0 aliphatic heterocycles. The molecule has 12 heteroatoms. The minimum absolute atomic E-state index is 0.101. The zero-order chi connectivity index (χ0) is 26.8. The van der Waals surface area contributed by atoms with Gasteiger partial charge >= 0.3 is 5.97 Å². The molecule has 192 valence electrons. The first-order chi connectivity index (χ1) is 18.4. The average molecular weight is 549 g/mol. The number of amides is 1. The van der Waals surface area contributed by atoms with Crippen molar-refractivity contribution in [3.63, 3.8) is 0 Å². The lowest BCUT2D eigenvalue weighted by atomic mass is 10.0. The van der Waals surface area contributed by atoms with Crippen molar-refractivity contribution >= 4 is 56.5 Å². The van der Waals surface area contributed by atoms with E-state index in [-0.39, 0.29) is 23.8 Å². The van der Waals surface area contributed by atoms with Gasteiger partial charge in [-0.25, -0.2) is 0 Å². The molecule has 10 nitrogen and oxygen atoms in total. The maximum Gasteiger partial charge on any atom is 0.323 e. The quantitative estimate of drug-likeness (QED) is 0.257. The highest BCUT2D eigenvalue weighted by Crippen LogP contribution is 2.37. The van der Waals surface area contributed by atoms with Crippen LogP contribution in [0.2, 0.25) is 5.02 Å². The number of hydrogen-bond acceptors (Lipinski definition) is 7. The van der Waals surface area contributed by atoms with Crippen LogP contribution in [-0.4, -0.2) is 48.0 Å². The van der Waals surface area contributed by atoms with Gasteiger partial charge in [0.2, 0.25) is 0 Å². The predicted octanol–water partition coefficient (Wildman–Crippen LogP) is 4.59. The molecule has 3 heterocycles. The summed E-state index contributed by atoms with van der Waals surface area (Å²) in [5.41, 5.74) is 1.37. The van der Waals surface area contributed by atoms with E-state index in [1.54, 1.807) is 54.6 Å². The van der Waals surface area contributed by atoms with E-state index in [1.807, 2.05) is 13.0 Å². The smallest absolute Gasteiger partial charge is 0.323 e.